The molecule has 8 heteroatoms. The third-order valence-corrected chi connectivity index (χ3v) is 6.21. The number of carbonyl (C=O) groups is 3. The molecule has 0 spiro atoms. The van der Waals surface area contributed by atoms with E-state index in [9.17, 15) is 19.5 Å². The zero-order valence-electron chi connectivity index (χ0n) is 15.1. The Hall–Kier alpha value is -2.35. The van der Waals surface area contributed by atoms with Gasteiger partial charge >= 0.3 is 11.8 Å². The fraction of sp³-hybridized carbons (Fsp3) is 0.632. The van der Waals surface area contributed by atoms with Crippen LogP contribution < -0.4 is 16.2 Å². The maximum absolute atomic E-state index is 12.3. The van der Waals surface area contributed by atoms with E-state index < -0.39 is 17.4 Å². The Morgan fingerprint density at radius 1 is 1.11 bits per heavy atom. The average molecular weight is 375 g/mol. The molecule has 0 saturated heterocycles. The topological polar surface area (TPSA) is 121 Å². The molecule has 0 aromatic carbocycles. The molecule has 1 aromatic heterocycles. The first-order valence-corrected chi connectivity index (χ1v) is 9.47. The van der Waals surface area contributed by atoms with E-state index >= 15 is 0 Å². The first kappa shape index (κ1) is 18.0. The van der Waals surface area contributed by atoms with Crippen LogP contribution in [-0.2, 0) is 20.9 Å². The van der Waals surface area contributed by atoms with Gasteiger partial charge in [-0.05, 0) is 67.9 Å². The van der Waals surface area contributed by atoms with Gasteiger partial charge in [0.2, 0.25) is 5.91 Å². The average Bonchev–Trinajstić information content (AvgIpc) is 3.08. The summed E-state index contributed by atoms with van der Waals surface area (Å²) in [5.74, 6) is -0.598. The predicted molar refractivity (Wildman–Crippen MR) is 93.5 cm³/mol. The third-order valence-electron chi connectivity index (χ3n) is 6.21. The summed E-state index contributed by atoms with van der Waals surface area (Å²) in [6.45, 7) is 0.0949. The molecule has 0 radical (unpaired) electrons. The normalized spacial score (nSPS) is 33.5. The van der Waals surface area contributed by atoms with Crippen molar-refractivity contribution in [3.8, 4) is 0 Å². The van der Waals surface area contributed by atoms with Crippen LogP contribution in [0.4, 0.5) is 0 Å². The molecule has 1 aromatic rings. The fourth-order valence-corrected chi connectivity index (χ4v) is 5.84. The van der Waals surface area contributed by atoms with E-state index in [0.717, 1.165) is 32.1 Å². The van der Waals surface area contributed by atoms with Crippen molar-refractivity contribution in [3.63, 3.8) is 0 Å². The first-order chi connectivity index (χ1) is 12.8. The number of carbonyl (C=O) groups excluding carboxylic acids is 3. The van der Waals surface area contributed by atoms with Crippen LogP contribution in [0, 0.1) is 17.3 Å². The Morgan fingerprint density at radius 2 is 1.85 bits per heavy atom. The predicted octanol–water partition coefficient (Wildman–Crippen LogP) is 0.765. The van der Waals surface area contributed by atoms with E-state index in [0.29, 0.717) is 24.0 Å². The zero-order chi connectivity index (χ0) is 19.1. The minimum absolute atomic E-state index is 0.0949. The molecule has 4 atom stereocenters. The standard InChI is InChI=1S/C19H25N3O5/c23-15(21-22-17(25)16(24)20-10-14-2-1-3-27-14)9-18-5-12-4-13(6-18)8-19(26,7-12)11-18/h1-3,12-13,26H,4-11H2,(H,20,24)(H,21,23)(H,22,25)/t12-,13+,18?,19?. The molecule has 4 aliphatic carbocycles. The van der Waals surface area contributed by atoms with Gasteiger partial charge in [0, 0.05) is 6.42 Å². The van der Waals surface area contributed by atoms with E-state index in [-0.39, 0.29) is 24.3 Å². The van der Waals surface area contributed by atoms with E-state index in [1.165, 1.54) is 6.26 Å². The van der Waals surface area contributed by atoms with Crippen molar-refractivity contribution < 1.29 is 23.9 Å². The summed E-state index contributed by atoms with van der Waals surface area (Å²) in [6, 6.07) is 3.36. The van der Waals surface area contributed by atoms with Crippen LogP contribution in [0.3, 0.4) is 0 Å². The number of nitrogens with one attached hydrogen (secondary N) is 3. The Morgan fingerprint density at radius 3 is 2.48 bits per heavy atom. The van der Waals surface area contributed by atoms with Gasteiger partial charge in [-0.15, -0.1) is 0 Å². The molecule has 3 amide bonds. The van der Waals surface area contributed by atoms with Gasteiger partial charge in [0.15, 0.2) is 0 Å². The molecule has 4 fully saturated rings. The smallest absolute Gasteiger partial charge is 0.327 e. The molecule has 27 heavy (non-hydrogen) atoms. The van der Waals surface area contributed by atoms with Crippen LogP contribution in [0.2, 0.25) is 0 Å². The summed E-state index contributed by atoms with van der Waals surface area (Å²) in [6.07, 6.45) is 7.14. The molecule has 4 saturated carbocycles. The van der Waals surface area contributed by atoms with E-state index in [4.69, 9.17) is 4.42 Å². The summed E-state index contributed by atoms with van der Waals surface area (Å²) < 4.78 is 5.07. The zero-order valence-corrected chi connectivity index (χ0v) is 15.1. The van der Waals surface area contributed by atoms with E-state index in [2.05, 4.69) is 16.2 Å². The lowest BCUT2D eigenvalue weighted by Crippen LogP contribution is -2.57. The highest BCUT2D eigenvalue weighted by molar-refractivity contribution is 6.35. The van der Waals surface area contributed by atoms with Crippen LogP contribution >= 0.6 is 0 Å². The van der Waals surface area contributed by atoms with Gasteiger partial charge in [-0.2, -0.15) is 0 Å². The molecule has 5 rings (SSSR count). The lowest BCUT2D eigenvalue weighted by molar-refractivity contribution is -0.169. The fourth-order valence-electron chi connectivity index (χ4n) is 5.84. The molecular weight excluding hydrogens is 350 g/mol. The molecular formula is C19H25N3O5. The quantitative estimate of drug-likeness (QED) is 0.457. The van der Waals surface area contributed by atoms with E-state index in [1.807, 2.05) is 0 Å². The highest BCUT2D eigenvalue weighted by Crippen LogP contribution is 2.62. The molecule has 4 N–H and O–H groups in total. The minimum atomic E-state index is -0.931. The van der Waals surface area contributed by atoms with Crippen LogP contribution in [0.1, 0.15) is 50.7 Å². The summed E-state index contributed by atoms with van der Waals surface area (Å²) in [5.41, 5.74) is 3.69. The molecule has 4 aliphatic rings. The van der Waals surface area contributed by atoms with Crippen LogP contribution in [-0.4, -0.2) is 28.4 Å². The second kappa shape index (κ2) is 6.67. The molecule has 2 unspecified atom stereocenters. The Labute approximate surface area is 157 Å². The van der Waals surface area contributed by atoms with Crippen molar-refractivity contribution >= 4 is 17.7 Å². The number of furan rings is 1. The van der Waals surface area contributed by atoms with Gasteiger partial charge in [-0.3, -0.25) is 25.2 Å². The van der Waals surface area contributed by atoms with Crippen molar-refractivity contribution in [2.24, 2.45) is 17.3 Å². The van der Waals surface area contributed by atoms with Gasteiger partial charge in [0.1, 0.15) is 5.76 Å². The van der Waals surface area contributed by atoms with Gasteiger partial charge in [-0.1, -0.05) is 0 Å². The first-order valence-electron chi connectivity index (χ1n) is 9.47. The lowest BCUT2D eigenvalue weighted by atomic mass is 9.47. The largest absolute Gasteiger partial charge is 0.467 e. The summed E-state index contributed by atoms with van der Waals surface area (Å²) >= 11 is 0. The van der Waals surface area contributed by atoms with E-state index in [1.54, 1.807) is 12.1 Å². The number of amides is 3. The van der Waals surface area contributed by atoms with Gasteiger partial charge in [-0.25, -0.2) is 0 Å². The SMILES string of the molecule is O=C(CC12C[C@@H]3C[C@@H](CC(O)(C3)C1)C2)NNC(=O)C(=O)NCc1ccco1. The van der Waals surface area contributed by atoms with Gasteiger partial charge in [0.25, 0.3) is 0 Å². The second-order valence-corrected chi connectivity index (χ2v) is 8.63. The second-order valence-electron chi connectivity index (χ2n) is 8.63. The van der Waals surface area contributed by atoms with Crippen LogP contribution in [0.25, 0.3) is 0 Å². The summed E-state index contributed by atoms with van der Waals surface area (Å²) in [5, 5.41) is 13.2. The number of hydrazine groups is 1. The van der Waals surface area contributed by atoms with Crippen molar-refractivity contribution in [2.45, 2.75) is 57.1 Å². The van der Waals surface area contributed by atoms with Gasteiger partial charge in [0.05, 0.1) is 18.4 Å². The highest BCUT2D eigenvalue weighted by atomic mass is 16.3. The Balaban J connectivity index is 1.25. The number of aliphatic hydroxyl groups is 1. The number of hydrogen-bond donors (Lipinski definition) is 4. The monoisotopic (exact) mass is 375 g/mol. The Bertz CT molecular complexity index is 731. The lowest BCUT2D eigenvalue weighted by Gasteiger charge is -2.60. The Kier molecular flexibility index (Phi) is 4.46. The molecule has 4 bridgehead atoms. The summed E-state index contributed by atoms with van der Waals surface area (Å²) in [4.78, 5) is 35.9. The van der Waals surface area contributed by atoms with Crippen LogP contribution in [0.15, 0.2) is 22.8 Å². The number of rotatable bonds is 4. The minimum Gasteiger partial charge on any atom is -0.467 e. The molecule has 8 nitrogen and oxygen atoms in total. The maximum atomic E-state index is 12.3. The van der Waals surface area contributed by atoms with Crippen LogP contribution in [0.5, 0.6) is 0 Å². The van der Waals surface area contributed by atoms with Crippen molar-refractivity contribution in [3.05, 3.63) is 24.2 Å². The summed E-state index contributed by atoms with van der Waals surface area (Å²) in [7, 11) is 0. The molecule has 0 aliphatic heterocycles. The molecule has 1 heterocycles. The maximum Gasteiger partial charge on any atom is 0.327 e. The third kappa shape index (κ3) is 3.85. The van der Waals surface area contributed by atoms with Crippen molar-refractivity contribution in [1.82, 2.24) is 16.2 Å². The number of hydrogen-bond acceptors (Lipinski definition) is 5. The van der Waals surface area contributed by atoms with Gasteiger partial charge < -0.3 is 14.8 Å². The molecule has 146 valence electrons. The van der Waals surface area contributed by atoms with Crippen molar-refractivity contribution in [2.75, 3.05) is 0 Å². The highest BCUT2D eigenvalue weighted by Gasteiger charge is 2.57. The van der Waals surface area contributed by atoms with Crippen molar-refractivity contribution in [1.29, 1.82) is 0 Å².